The third kappa shape index (κ3) is 3.96. The van der Waals surface area contributed by atoms with E-state index in [2.05, 4.69) is 35.1 Å². The van der Waals surface area contributed by atoms with Crippen LogP contribution < -0.4 is 5.32 Å². The Kier molecular flexibility index (Phi) is 5.09. The molecular weight excluding hydrogens is 289 g/mol. The minimum absolute atomic E-state index is 0.0992. The van der Waals surface area contributed by atoms with Gasteiger partial charge in [0.15, 0.2) is 0 Å². The second-order valence-electron chi connectivity index (χ2n) is 4.24. The van der Waals surface area contributed by atoms with E-state index in [0.29, 0.717) is 0 Å². The summed E-state index contributed by atoms with van der Waals surface area (Å²) in [6, 6.07) is 5.78. The molecule has 0 aromatic heterocycles. The van der Waals surface area contributed by atoms with E-state index in [1.807, 2.05) is 18.2 Å². The fourth-order valence-corrected chi connectivity index (χ4v) is 1.82. The van der Waals surface area contributed by atoms with Crippen LogP contribution in [0.2, 0.25) is 5.02 Å². The van der Waals surface area contributed by atoms with Gasteiger partial charge in [-0.1, -0.05) is 17.7 Å². The van der Waals surface area contributed by atoms with E-state index >= 15 is 0 Å². The van der Waals surface area contributed by atoms with Crippen LogP contribution in [0.5, 0.6) is 0 Å². The first-order chi connectivity index (χ1) is 7.46. The van der Waals surface area contributed by atoms with Gasteiger partial charge in [0.2, 0.25) is 0 Å². The van der Waals surface area contributed by atoms with Crippen LogP contribution in [0, 0.1) is 0 Å². The number of ether oxygens (including phenoxy) is 1. The zero-order valence-electron chi connectivity index (χ0n) is 9.81. The van der Waals surface area contributed by atoms with Gasteiger partial charge in [-0.2, -0.15) is 0 Å². The lowest BCUT2D eigenvalue weighted by Crippen LogP contribution is -2.25. The largest absolute Gasteiger partial charge is 0.384 e. The fraction of sp³-hybridized carbons (Fsp3) is 0.500. The highest BCUT2D eigenvalue weighted by Crippen LogP contribution is 2.30. The van der Waals surface area contributed by atoms with Gasteiger partial charge in [0, 0.05) is 19.3 Å². The number of hydrogen-bond donors (Lipinski definition) is 1. The Bertz CT molecular complexity index is 355. The van der Waals surface area contributed by atoms with Crippen molar-refractivity contribution in [2.45, 2.75) is 25.9 Å². The Balaban J connectivity index is 2.53. The molecular formula is C12H17BrClNO. The highest BCUT2D eigenvalue weighted by atomic mass is 79.9. The van der Waals surface area contributed by atoms with E-state index in [9.17, 15) is 0 Å². The van der Waals surface area contributed by atoms with E-state index in [4.69, 9.17) is 16.3 Å². The van der Waals surface area contributed by atoms with Crippen LogP contribution in [-0.2, 0) is 4.74 Å². The molecule has 0 fully saturated rings. The summed E-state index contributed by atoms with van der Waals surface area (Å²) < 4.78 is 6.26. The molecule has 1 N–H and O–H groups in total. The predicted octanol–water partition coefficient (Wildman–Crippen LogP) is 4.33. The first-order valence-electron chi connectivity index (χ1n) is 5.19. The normalized spacial score (nSPS) is 11.6. The van der Waals surface area contributed by atoms with Crippen LogP contribution in [0.4, 0.5) is 5.69 Å². The van der Waals surface area contributed by atoms with Crippen LogP contribution in [0.1, 0.15) is 20.3 Å². The van der Waals surface area contributed by atoms with Crippen molar-refractivity contribution in [1.82, 2.24) is 0 Å². The lowest BCUT2D eigenvalue weighted by molar-refractivity contribution is 0.0185. The standard InChI is InChI=1S/C12H17BrClNO/c1-12(2,16-3)7-8-15-10-6-4-5-9(14)11(10)13/h4-6,15H,7-8H2,1-3H3. The maximum Gasteiger partial charge on any atom is 0.0639 e. The summed E-state index contributed by atoms with van der Waals surface area (Å²) in [5.41, 5.74) is 0.914. The first kappa shape index (κ1) is 13.8. The molecule has 0 unspecified atom stereocenters. The number of anilines is 1. The van der Waals surface area contributed by atoms with Crippen LogP contribution in [-0.4, -0.2) is 19.3 Å². The Hall–Kier alpha value is -0.250. The molecule has 0 atom stereocenters. The smallest absolute Gasteiger partial charge is 0.0639 e. The zero-order valence-corrected chi connectivity index (χ0v) is 12.2. The molecule has 1 aromatic carbocycles. The van der Waals surface area contributed by atoms with Gasteiger partial charge in [-0.25, -0.2) is 0 Å². The average Bonchev–Trinajstić information content (AvgIpc) is 2.24. The Morgan fingerprint density at radius 2 is 2.12 bits per heavy atom. The summed E-state index contributed by atoms with van der Waals surface area (Å²) in [4.78, 5) is 0. The van der Waals surface area contributed by atoms with E-state index in [1.165, 1.54) is 0 Å². The van der Waals surface area contributed by atoms with E-state index < -0.39 is 0 Å². The molecule has 0 aliphatic heterocycles. The fourth-order valence-electron chi connectivity index (χ4n) is 1.24. The highest BCUT2D eigenvalue weighted by molar-refractivity contribution is 9.10. The van der Waals surface area contributed by atoms with Crippen molar-refractivity contribution in [3.05, 3.63) is 27.7 Å². The molecule has 0 radical (unpaired) electrons. The van der Waals surface area contributed by atoms with Gasteiger partial charge in [-0.15, -0.1) is 0 Å². The highest BCUT2D eigenvalue weighted by Gasteiger charge is 2.15. The van der Waals surface area contributed by atoms with Gasteiger partial charge in [0.05, 0.1) is 15.1 Å². The molecule has 16 heavy (non-hydrogen) atoms. The first-order valence-corrected chi connectivity index (χ1v) is 6.36. The molecule has 0 saturated heterocycles. The third-order valence-electron chi connectivity index (χ3n) is 2.55. The average molecular weight is 307 g/mol. The monoisotopic (exact) mass is 305 g/mol. The van der Waals surface area contributed by atoms with Crippen LogP contribution in [0.15, 0.2) is 22.7 Å². The van der Waals surface area contributed by atoms with Gasteiger partial charge in [-0.05, 0) is 48.3 Å². The number of benzene rings is 1. The number of methoxy groups -OCH3 is 1. The van der Waals surface area contributed by atoms with Crippen molar-refractivity contribution in [2.24, 2.45) is 0 Å². The number of rotatable bonds is 5. The summed E-state index contributed by atoms with van der Waals surface area (Å²) in [5, 5.41) is 4.05. The predicted molar refractivity (Wildman–Crippen MR) is 73.3 cm³/mol. The quantitative estimate of drug-likeness (QED) is 0.874. The van der Waals surface area contributed by atoms with Crippen molar-refractivity contribution >= 4 is 33.2 Å². The minimum Gasteiger partial charge on any atom is -0.384 e. The van der Waals surface area contributed by atoms with Crippen LogP contribution >= 0.6 is 27.5 Å². The molecule has 90 valence electrons. The van der Waals surface area contributed by atoms with Crippen LogP contribution in [0.25, 0.3) is 0 Å². The van der Waals surface area contributed by atoms with Crippen molar-refractivity contribution in [3.63, 3.8) is 0 Å². The van der Waals surface area contributed by atoms with Crippen molar-refractivity contribution < 1.29 is 4.74 Å². The molecule has 1 rings (SSSR count). The maximum atomic E-state index is 6.00. The number of hydrogen-bond acceptors (Lipinski definition) is 2. The third-order valence-corrected chi connectivity index (χ3v) is 3.94. The molecule has 4 heteroatoms. The van der Waals surface area contributed by atoms with Gasteiger partial charge in [0.1, 0.15) is 0 Å². The number of halogens is 2. The number of nitrogens with one attached hydrogen (secondary N) is 1. The SMILES string of the molecule is COC(C)(C)CCNc1cccc(Cl)c1Br. The minimum atomic E-state index is -0.0992. The molecule has 0 heterocycles. The molecule has 2 nitrogen and oxygen atoms in total. The van der Waals surface area contributed by atoms with E-state index in [1.54, 1.807) is 7.11 Å². The van der Waals surface area contributed by atoms with Gasteiger partial charge in [0.25, 0.3) is 0 Å². The molecule has 0 amide bonds. The second-order valence-corrected chi connectivity index (χ2v) is 5.44. The van der Waals surface area contributed by atoms with Gasteiger partial charge in [-0.3, -0.25) is 0 Å². The summed E-state index contributed by atoms with van der Waals surface area (Å²) in [6.07, 6.45) is 0.933. The summed E-state index contributed by atoms with van der Waals surface area (Å²) >= 11 is 9.45. The van der Waals surface area contributed by atoms with Gasteiger partial charge < -0.3 is 10.1 Å². The molecule has 1 aromatic rings. The molecule has 0 saturated carbocycles. The molecule has 0 aliphatic rings. The summed E-state index contributed by atoms with van der Waals surface area (Å²) in [5.74, 6) is 0. The molecule has 0 aliphatic carbocycles. The van der Waals surface area contributed by atoms with Crippen LogP contribution in [0.3, 0.4) is 0 Å². The Morgan fingerprint density at radius 3 is 2.75 bits per heavy atom. The molecule has 0 spiro atoms. The topological polar surface area (TPSA) is 21.3 Å². The van der Waals surface area contributed by atoms with Crippen molar-refractivity contribution in [2.75, 3.05) is 19.0 Å². The summed E-state index contributed by atoms with van der Waals surface area (Å²) in [7, 11) is 1.73. The lowest BCUT2D eigenvalue weighted by atomic mass is 10.1. The zero-order chi connectivity index (χ0) is 12.2. The van der Waals surface area contributed by atoms with Crippen molar-refractivity contribution in [1.29, 1.82) is 0 Å². The second kappa shape index (κ2) is 5.89. The van der Waals surface area contributed by atoms with Crippen molar-refractivity contribution in [3.8, 4) is 0 Å². The lowest BCUT2D eigenvalue weighted by Gasteiger charge is -2.23. The van der Waals surface area contributed by atoms with E-state index in [-0.39, 0.29) is 5.60 Å². The molecule has 0 bridgehead atoms. The maximum absolute atomic E-state index is 6.00. The summed E-state index contributed by atoms with van der Waals surface area (Å²) in [6.45, 7) is 4.99. The Labute approximate surface area is 110 Å². The van der Waals surface area contributed by atoms with Gasteiger partial charge >= 0.3 is 0 Å². The Morgan fingerprint density at radius 1 is 1.44 bits per heavy atom. The van der Waals surface area contributed by atoms with E-state index in [0.717, 1.165) is 28.1 Å².